The van der Waals surface area contributed by atoms with Gasteiger partial charge in [0.1, 0.15) is 6.10 Å². The minimum atomic E-state index is -0.936. The predicted molar refractivity (Wildman–Crippen MR) is 60.4 cm³/mol. The van der Waals surface area contributed by atoms with Crippen molar-refractivity contribution >= 4 is 21.6 Å². The molecular formula is C10H14BrNO2. The quantitative estimate of drug-likeness (QED) is 0.568. The molecular weight excluding hydrogens is 246 g/mol. The second kappa shape index (κ2) is 4.77. The zero-order valence-electron chi connectivity index (χ0n) is 7.94. The number of aryl methyl sites for hydroxylation is 1. The van der Waals surface area contributed by atoms with Gasteiger partial charge in [-0.15, -0.1) is 0 Å². The van der Waals surface area contributed by atoms with Gasteiger partial charge in [-0.3, -0.25) is 0 Å². The second-order valence-electron chi connectivity index (χ2n) is 3.24. The van der Waals surface area contributed by atoms with Crippen molar-refractivity contribution in [2.45, 2.75) is 19.1 Å². The Kier molecular flexibility index (Phi) is 3.92. The first-order valence-electron chi connectivity index (χ1n) is 4.35. The van der Waals surface area contributed by atoms with Crippen LogP contribution in [0.25, 0.3) is 0 Å². The SMILES string of the molecule is Cc1cccc(C(O)C(O)CBr)c1N. The van der Waals surface area contributed by atoms with E-state index in [2.05, 4.69) is 15.9 Å². The molecule has 0 saturated heterocycles. The molecule has 0 aromatic heterocycles. The molecule has 2 unspecified atom stereocenters. The summed E-state index contributed by atoms with van der Waals surface area (Å²) in [6, 6.07) is 5.40. The maximum absolute atomic E-state index is 9.73. The minimum Gasteiger partial charge on any atom is -0.398 e. The average molecular weight is 260 g/mol. The van der Waals surface area contributed by atoms with Gasteiger partial charge in [0.2, 0.25) is 0 Å². The van der Waals surface area contributed by atoms with Crippen molar-refractivity contribution < 1.29 is 10.2 Å². The monoisotopic (exact) mass is 259 g/mol. The van der Waals surface area contributed by atoms with E-state index >= 15 is 0 Å². The molecule has 1 aromatic carbocycles. The number of rotatable bonds is 3. The van der Waals surface area contributed by atoms with E-state index in [0.29, 0.717) is 16.6 Å². The molecule has 0 saturated carbocycles. The highest BCUT2D eigenvalue weighted by Crippen LogP contribution is 2.26. The zero-order valence-corrected chi connectivity index (χ0v) is 9.53. The fraction of sp³-hybridized carbons (Fsp3) is 0.400. The highest BCUT2D eigenvalue weighted by molar-refractivity contribution is 9.09. The van der Waals surface area contributed by atoms with Crippen molar-refractivity contribution in [2.75, 3.05) is 11.1 Å². The van der Waals surface area contributed by atoms with Crippen LogP contribution < -0.4 is 5.73 Å². The molecule has 1 aromatic rings. The minimum absolute atomic E-state index is 0.321. The molecule has 4 heteroatoms. The van der Waals surface area contributed by atoms with Crippen molar-refractivity contribution in [2.24, 2.45) is 0 Å². The highest BCUT2D eigenvalue weighted by atomic mass is 79.9. The first kappa shape index (κ1) is 11.5. The fourth-order valence-corrected chi connectivity index (χ4v) is 1.61. The molecule has 0 aliphatic heterocycles. The van der Waals surface area contributed by atoms with Gasteiger partial charge in [0.25, 0.3) is 0 Å². The van der Waals surface area contributed by atoms with Crippen LogP contribution in [0.5, 0.6) is 0 Å². The summed E-state index contributed by atoms with van der Waals surface area (Å²) in [5.74, 6) is 0. The van der Waals surface area contributed by atoms with Gasteiger partial charge >= 0.3 is 0 Å². The maximum atomic E-state index is 9.73. The largest absolute Gasteiger partial charge is 0.398 e. The lowest BCUT2D eigenvalue weighted by molar-refractivity contribution is 0.0347. The lowest BCUT2D eigenvalue weighted by atomic mass is 10.0. The van der Waals surface area contributed by atoms with E-state index in [1.54, 1.807) is 6.07 Å². The Morgan fingerprint density at radius 1 is 1.43 bits per heavy atom. The van der Waals surface area contributed by atoms with Gasteiger partial charge in [-0.05, 0) is 12.5 Å². The van der Waals surface area contributed by atoms with E-state index in [1.165, 1.54) is 0 Å². The molecule has 0 amide bonds. The van der Waals surface area contributed by atoms with Crippen LogP contribution in [-0.4, -0.2) is 21.6 Å². The molecule has 0 spiro atoms. The van der Waals surface area contributed by atoms with Crippen molar-refractivity contribution in [3.05, 3.63) is 29.3 Å². The molecule has 0 bridgehead atoms. The summed E-state index contributed by atoms with van der Waals surface area (Å²) >= 11 is 3.10. The molecule has 78 valence electrons. The average Bonchev–Trinajstić information content (AvgIpc) is 2.20. The molecule has 1 rings (SSSR count). The van der Waals surface area contributed by atoms with E-state index in [4.69, 9.17) is 5.73 Å². The van der Waals surface area contributed by atoms with Crippen LogP contribution in [0.2, 0.25) is 0 Å². The summed E-state index contributed by atoms with van der Waals surface area (Å²) < 4.78 is 0. The predicted octanol–water partition coefficient (Wildman–Crippen LogP) is 1.37. The number of hydrogen-bond acceptors (Lipinski definition) is 3. The summed E-state index contributed by atoms with van der Waals surface area (Å²) in [7, 11) is 0. The summed E-state index contributed by atoms with van der Waals surface area (Å²) in [4.78, 5) is 0. The summed E-state index contributed by atoms with van der Waals surface area (Å²) in [6.45, 7) is 1.87. The number of halogens is 1. The summed E-state index contributed by atoms with van der Waals surface area (Å²) in [5, 5.41) is 19.5. The molecule has 3 nitrogen and oxygen atoms in total. The van der Waals surface area contributed by atoms with Gasteiger partial charge < -0.3 is 15.9 Å². The van der Waals surface area contributed by atoms with Gasteiger partial charge in [-0.2, -0.15) is 0 Å². The van der Waals surface area contributed by atoms with Crippen molar-refractivity contribution in [3.63, 3.8) is 0 Å². The molecule has 4 N–H and O–H groups in total. The Labute approximate surface area is 91.7 Å². The normalized spacial score (nSPS) is 15.1. The van der Waals surface area contributed by atoms with Crippen LogP contribution in [0.4, 0.5) is 5.69 Å². The molecule has 2 atom stereocenters. The van der Waals surface area contributed by atoms with Gasteiger partial charge in [0.05, 0.1) is 6.10 Å². The highest BCUT2D eigenvalue weighted by Gasteiger charge is 2.19. The number of benzene rings is 1. The van der Waals surface area contributed by atoms with Gasteiger partial charge in [-0.25, -0.2) is 0 Å². The Bertz CT molecular complexity index is 317. The molecule has 0 fully saturated rings. The third-order valence-corrected chi connectivity index (χ3v) is 2.86. The lowest BCUT2D eigenvalue weighted by Gasteiger charge is -2.18. The van der Waals surface area contributed by atoms with Crippen molar-refractivity contribution in [1.29, 1.82) is 0 Å². The van der Waals surface area contributed by atoms with Crippen LogP contribution in [0.1, 0.15) is 17.2 Å². The molecule has 0 aliphatic rings. The number of nitrogens with two attached hydrogens (primary N) is 1. The number of alkyl halides is 1. The van der Waals surface area contributed by atoms with Crippen molar-refractivity contribution in [1.82, 2.24) is 0 Å². The van der Waals surface area contributed by atoms with Gasteiger partial charge in [0, 0.05) is 16.6 Å². The summed E-state index contributed by atoms with van der Waals surface area (Å²) in [5.41, 5.74) is 7.82. The standard InChI is InChI=1S/C10H14BrNO2/c1-6-3-2-4-7(9(6)12)10(14)8(13)5-11/h2-4,8,10,13-14H,5,12H2,1H3. The number of para-hydroxylation sites is 1. The van der Waals surface area contributed by atoms with Crippen LogP contribution in [-0.2, 0) is 0 Å². The molecule has 0 aliphatic carbocycles. The van der Waals surface area contributed by atoms with Crippen LogP contribution in [0.15, 0.2) is 18.2 Å². The van der Waals surface area contributed by atoms with Crippen LogP contribution >= 0.6 is 15.9 Å². The zero-order chi connectivity index (χ0) is 10.7. The van der Waals surface area contributed by atoms with E-state index < -0.39 is 12.2 Å². The maximum Gasteiger partial charge on any atom is 0.108 e. The van der Waals surface area contributed by atoms with Crippen LogP contribution in [0, 0.1) is 6.92 Å². The molecule has 0 radical (unpaired) electrons. The number of nitrogen functional groups attached to an aromatic ring is 1. The van der Waals surface area contributed by atoms with E-state index in [1.807, 2.05) is 19.1 Å². The third-order valence-electron chi connectivity index (χ3n) is 2.20. The fourth-order valence-electron chi connectivity index (χ4n) is 1.25. The number of aliphatic hydroxyl groups excluding tert-OH is 2. The smallest absolute Gasteiger partial charge is 0.108 e. The third kappa shape index (κ3) is 2.26. The van der Waals surface area contributed by atoms with E-state index in [9.17, 15) is 10.2 Å². The van der Waals surface area contributed by atoms with Gasteiger partial charge in [0.15, 0.2) is 0 Å². The Morgan fingerprint density at radius 3 is 2.64 bits per heavy atom. The van der Waals surface area contributed by atoms with E-state index in [-0.39, 0.29) is 0 Å². The first-order chi connectivity index (χ1) is 6.57. The number of anilines is 1. The molecule has 0 heterocycles. The van der Waals surface area contributed by atoms with Crippen LogP contribution in [0.3, 0.4) is 0 Å². The first-order valence-corrected chi connectivity index (χ1v) is 5.47. The second-order valence-corrected chi connectivity index (χ2v) is 3.89. The molecule has 14 heavy (non-hydrogen) atoms. The van der Waals surface area contributed by atoms with Crippen molar-refractivity contribution in [3.8, 4) is 0 Å². The number of hydrogen-bond donors (Lipinski definition) is 3. The topological polar surface area (TPSA) is 66.5 Å². The Hall–Kier alpha value is -0.580. The van der Waals surface area contributed by atoms with E-state index in [0.717, 1.165) is 5.56 Å². The lowest BCUT2D eigenvalue weighted by Crippen LogP contribution is -2.20. The summed E-state index contributed by atoms with van der Waals surface area (Å²) in [6.07, 6.45) is -1.77. The Balaban J connectivity index is 3.01. The Morgan fingerprint density at radius 2 is 2.07 bits per heavy atom. The van der Waals surface area contributed by atoms with Gasteiger partial charge in [-0.1, -0.05) is 34.1 Å². The number of aliphatic hydroxyl groups is 2.